The highest BCUT2D eigenvalue weighted by molar-refractivity contribution is 7.21. The van der Waals surface area contributed by atoms with Gasteiger partial charge >= 0.3 is 0 Å². The lowest BCUT2D eigenvalue weighted by Gasteiger charge is -2.39. The van der Waals surface area contributed by atoms with Gasteiger partial charge in [-0.25, -0.2) is 4.98 Å². The second-order valence-corrected chi connectivity index (χ2v) is 9.24. The third-order valence-corrected chi connectivity index (χ3v) is 6.98. The van der Waals surface area contributed by atoms with E-state index in [0.717, 1.165) is 33.6 Å². The highest BCUT2D eigenvalue weighted by Gasteiger charge is 2.35. The zero-order valence-electron chi connectivity index (χ0n) is 16.9. The Balaban J connectivity index is 1.57. The number of hydrogen-bond acceptors (Lipinski definition) is 5. The average Bonchev–Trinajstić information content (AvgIpc) is 3.10. The van der Waals surface area contributed by atoms with Crippen molar-refractivity contribution in [2.75, 3.05) is 17.2 Å². The molecule has 0 atom stereocenters. The van der Waals surface area contributed by atoms with Crippen LogP contribution in [0.15, 0.2) is 60.9 Å². The van der Waals surface area contributed by atoms with E-state index in [0.29, 0.717) is 17.1 Å². The van der Waals surface area contributed by atoms with Crippen molar-refractivity contribution in [2.24, 2.45) is 0 Å². The molecule has 0 bridgehead atoms. The number of nitrogens with two attached hydrogens (primary N) is 1. The van der Waals surface area contributed by atoms with Gasteiger partial charge in [0.1, 0.15) is 9.71 Å². The van der Waals surface area contributed by atoms with Crippen molar-refractivity contribution in [2.45, 2.75) is 25.7 Å². The minimum absolute atomic E-state index is 0.0409. The average molecular weight is 415 g/mol. The van der Waals surface area contributed by atoms with Crippen molar-refractivity contribution >= 4 is 38.8 Å². The summed E-state index contributed by atoms with van der Waals surface area (Å²) < 4.78 is 0. The van der Waals surface area contributed by atoms with Gasteiger partial charge in [-0.15, -0.1) is 11.3 Å². The number of carbonyl (C=O) groups is 1. The first-order chi connectivity index (χ1) is 14.5. The van der Waals surface area contributed by atoms with Crippen molar-refractivity contribution < 1.29 is 4.79 Å². The Morgan fingerprint density at radius 3 is 2.77 bits per heavy atom. The second kappa shape index (κ2) is 6.92. The van der Waals surface area contributed by atoms with Gasteiger partial charge in [0.15, 0.2) is 0 Å². The first-order valence-corrected chi connectivity index (χ1v) is 10.8. The van der Waals surface area contributed by atoms with Crippen LogP contribution < -0.4 is 10.6 Å². The molecule has 3 aromatic heterocycles. The number of amides is 1. The summed E-state index contributed by atoms with van der Waals surface area (Å²) in [6.07, 6.45) is 4.42. The Bertz CT molecular complexity index is 1260. The van der Waals surface area contributed by atoms with E-state index in [1.165, 1.54) is 16.9 Å². The van der Waals surface area contributed by atoms with Gasteiger partial charge in [-0.3, -0.25) is 9.78 Å². The van der Waals surface area contributed by atoms with E-state index in [2.05, 4.69) is 24.9 Å². The van der Waals surface area contributed by atoms with E-state index in [4.69, 9.17) is 10.7 Å². The fraction of sp³-hybridized carbons (Fsp3) is 0.208. The first-order valence-electron chi connectivity index (χ1n) is 9.96. The first kappa shape index (κ1) is 18.8. The monoisotopic (exact) mass is 414 g/mol. The van der Waals surface area contributed by atoms with E-state index in [-0.39, 0.29) is 11.3 Å². The number of hydrogen-bond donors (Lipinski definition) is 1. The lowest BCUT2D eigenvalue weighted by molar-refractivity contribution is 0.0987. The van der Waals surface area contributed by atoms with Crippen molar-refractivity contribution in [3.8, 4) is 11.3 Å². The molecule has 150 valence electrons. The quantitative estimate of drug-likeness (QED) is 0.485. The van der Waals surface area contributed by atoms with Gasteiger partial charge in [0.2, 0.25) is 0 Å². The summed E-state index contributed by atoms with van der Waals surface area (Å²) in [6, 6.07) is 15.9. The number of nitrogen functional groups attached to an aromatic ring is 1. The SMILES string of the molecule is CC1(C)CCN(C(=O)c2sc3nc(-c4cccnc4)ccc3c2N)c2ccccc21. The number of thiophene rings is 1. The highest BCUT2D eigenvalue weighted by Crippen LogP contribution is 2.42. The molecule has 5 nitrogen and oxygen atoms in total. The molecule has 0 spiro atoms. The smallest absolute Gasteiger partial charge is 0.270 e. The lowest BCUT2D eigenvalue weighted by atomic mass is 9.77. The maximum atomic E-state index is 13.5. The number of para-hydroxylation sites is 1. The minimum atomic E-state index is -0.0543. The predicted octanol–water partition coefficient (Wildman–Crippen LogP) is 5.27. The summed E-state index contributed by atoms with van der Waals surface area (Å²) in [6.45, 7) is 5.13. The molecule has 4 aromatic rings. The number of anilines is 2. The Morgan fingerprint density at radius 1 is 1.13 bits per heavy atom. The van der Waals surface area contributed by atoms with E-state index in [9.17, 15) is 4.79 Å². The number of pyridine rings is 2. The van der Waals surface area contributed by atoms with Crippen LogP contribution in [0.4, 0.5) is 11.4 Å². The van der Waals surface area contributed by atoms with Crippen molar-refractivity contribution in [3.63, 3.8) is 0 Å². The molecule has 0 saturated carbocycles. The molecule has 1 aromatic carbocycles. The van der Waals surface area contributed by atoms with Crippen molar-refractivity contribution in [3.05, 3.63) is 71.4 Å². The molecule has 1 aliphatic heterocycles. The summed E-state index contributed by atoms with van der Waals surface area (Å²) >= 11 is 1.36. The van der Waals surface area contributed by atoms with Gasteiger partial charge in [0, 0.05) is 35.6 Å². The van der Waals surface area contributed by atoms with Gasteiger partial charge in [0.25, 0.3) is 5.91 Å². The summed E-state index contributed by atoms with van der Waals surface area (Å²) in [4.78, 5) is 25.6. The molecule has 0 fully saturated rings. The van der Waals surface area contributed by atoms with Crippen LogP contribution in [0.3, 0.4) is 0 Å². The molecule has 0 radical (unpaired) electrons. The van der Waals surface area contributed by atoms with Crippen LogP contribution in [0, 0.1) is 0 Å². The van der Waals surface area contributed by atoms with E-state index >= 15 is 0 Å². The Morgan fingerprint density at radius 2 is 1.97 bits per heavy atom. The molecule has 0 saturated heterocycles. The molecular weight excluding hydrogens is 392 g/mol. The maximum absolute atomic E-state index is 13.5. The number of benzene rings is 1. The van der Waals surface area contributed by atoms with Crippen LogP contribution in [-0.2, 0) is 5.41 Å². The van der Waals surface area contributed by atoms with Gasteiger partial charge in [-0.2, -0.15) is 0 Å². The predicted molar refractivity (Wildman–Crippen MR) is 123 cm³/mol. The van der Waals surface area contributed by atoms with Crippen LogP contribution >= 0.6 is 11.3 Å². The van der Waals surface area contributed by atoms with Crippen LogP contribution in [0.25, 0.3) is 21.5 Å². The molecule has 2 N–H and O–H groups in total. The minimum Gasteiger partial charge on any atom is -0.397 e. The Hall–Kier alpha value is -3.25. The van der Waals surface area contributed by atoms with Gasteiger partial charge < -0.3 is 10.6 Å². The van der Waals surface area contributed by atoms with Crippen LogP contribution in [0.1, 0.15) is 35.5 Å². The molecule has 6 heteroatoms. The standard InChI is InChI=1S/C24H22N4OS/c1-24(2)11-13-28(19-8-4-3-7-17(19)24)23(29)21-20(25)16-9-10-18(27-22(16)30-21)15-6-5-12-26-14-15/h3-10,12,14H,11,13,25H2,1-2H3. The fourth-order valence-electron chi connectivity index (χ4n) is 4.09. The molecule has 0 unspecified atom stereocenters. The topological polar surface area (TPSA) is 72.1 Å². The Kier molecular flexibility index (Phi) is 4.33. The van der Waals surface area contributed by atoms with Gasteiger partial charge in [-0.05, 0) is 47.7 Å². The number of rotatable bonds is 2. The third kappa shape index (κ3) is 2.95. The molecule has 0 aliphatic carbocycles. The highest BCUT2D eigenvalue weighted by atomic mass is 32.1. The van der Waals surface area contributed by atoms with Crippen molar-refractivity contribution in [1.82, 2.24) is 9.97 Å². The third-order valence-electron chi connectivity index (χ3n) is 5.87. The summed E-state index contributed by atoms with van der Waals surface area (Å²) in [5.74, 6) is -0.0543. The van der Waals surface area contributed by atoms with E-state index in [1.807, 2.05) is 47.4 Å². The van der Waals surface area contributed by atoms with Gasteiger partial charge in [0.05, 0.1) is 11.4 Å². The summed E-state index contributed by atoms with van der Waals surface area (Å²) in [5, 5.41) is 0.821. The number of fused-ring (bicyclic) bond motifs is 2. The van der Waals surface area contributed by atoms with E-state index in [1.54, 1.807) is 12.4 Å². The normalized spacial score (nSPS) is 15.2. The molecule has 1 aliphatic rings. The maximum Gasteiger partial charge on any atom is 0.270 e. The molecular formula is C24H22N4OS. The summed E-state index contributed by atoms with van der Waals surface area (Å²) in [5.41, 5.74) is 10.9. The zero-order valence-corrected chi connectivity index (χ0v) is 17.7. The fourth-order valence-corrected chi connectivity index (χ4v) is 5.14. The van der Waals surface area contributed by atoms with Crippen molar-refractivity contribution in [1.29, 1.82) is 0 Å². The second-order valence-electron chi connectivity index (χ2n) is 8.24. The lowest BCUT2D eigenvalue weighted by Crippen LogP contribution is -2.41. The molecule has 1 amide bonds. The Labute approximate surface area is 179 Å². The zero-order chi connectivity index (χ0) is 20.9. The number of carbonyl (C=O) groups excluding carboxylic acids is 1. The summed E-state index contributed by atoms with van der Waals surface area (Å²) in [7, 11) is 0. The van der Waals surface area contributed by atoms with E-state index < -0.39 is 0 Å². The largest absolute Gasteiger partial charge is 0.397 e. The molecule has 4 heterocycles. The molecule has 5 rings (SSSR count). The van der Waals surface area contributed by atoms with Gasteiger partial charge in [-0.1, -0.05) is 32.0 Å². The number of nitrogens with zero attached hydrogens (tertiary/aromatic N) is 3. The van der Waals surface area contributed by atoms with Crippen LogP contribution in [0.5, 0.6) is 0 Å². The molecule has 30 heavy (non-hydrogen) atoms. The van der Waals surface area contributed by atoms with Crippen LogP contribution in [0.2, 0.25) is 0 Å². The van der Waals surface area contributed by atoms with Crippen LogP contribution in [-0.4, -0.2) is 22.4 Å². The number of aromatic nitrogens is 2.